The molecule has 1 nitrogen and oxygen atoms in total. The van der Waals surface area contributed by atoms with Gasteiger partial charge in [-0.05, 0) is 40.5 Å². The topological polar surface area (TPSA) is 9.23 Å². The predicted octanol–water partition coefficient (Wildman–Crippen LogP) is 3.16. The highest BCUT2D eigenvalue weighted by Crippen LogP contribution is 2.07. The third-order valence-corrected chi connectivity index (χ3v) is 1.29. The van der Waals surface area contributed by atoms with Gasteiger partial charge in [0.1, 0.15) is 0 Å². The van der Waals surface area contributed by atoms with Crippen LogP contribution in [0.3, 0.4) is 0 Å². The quantitative estimate of drug-likeness (QED) is 0.449. The van der Waals surface area contributed by atoms with Crippen molar-refractivity contribution in [1.29, 1.82) is 0 Å². The van der Waals surface area contributed by atoms with E-state index in [2.05, 4.69) is 32.9 Å². The molecule has 0 aromatic rings. The van der Waals surface area contributed by atoms with Crippen molar-refractivity contribution in [3.8, 4) is 0 Å². The Hall–Kier alpha value is -0.300. The van der Waals surface area contributed by atoms with Gasteiger partial charge >= 0.3 is 0 Å². The van der Waals surface area contributed by atoms with E-state index in [1.54, 1.807) is 0 Å². The number of hydrogen-bond donors (Lipinski definition) is 0. The van der Waals surface area contributed by atoms with Crippen molar-refractivity contribution in [2.45, 2.75) is 46.1 Å². The van der Waals surface area contributed by atoms with Crippen LogP contribution in [-0.4, -0.2) is 12.2 Å². The maximum atomic E-state index is 5.54. The van der Waals surface area contributed by atoms with Crippen LogP contribution in [0.1, 0.15) is 40.5 Å². The Morgan fingerprint density at radius 2 is 1.91 bits per heavy atom. The fourth-order valence-corrected chi connectivity index (χ4v) is 0.746. The van der Waals surface area contributed by atoms with Gasteiger partial charge in [-0.1, -0.05) is 12.2 Å². The van der Waals surface area contributed by atoms with Crippen LogP contribution < -0.4 is 0 Å². The van der Waals surface area contributed by atoms with Crippen molar-refractivity contribution in [3.05, 3.63) is 12.2 Å². The van der Waals surface area contributed by atoms with Crippen LogP contribution in [0, 0.1) is 0 Å². The van der Waals surface area contributed by atoms with Crippen molar-refractivity contribution in [3.63, 3.8) is 0 Å². The van der Waals surface area contributed by atoms with Crippen molar-refractivity contribution >= 4 is 0 Å². The highest BCUT2D eigenvalue weighted by Gasteiger charge is 2.08. The van der Waals surface area contributed by atoms with E-state index < -0.39 is 0 Å². The highest BCUT2D eigenvalue weighted by molar-refractivity contribution is 4.76. The van der Waals surface area contributed by atoms with Crippen LogP contribution in [0.25, 0.3) is 0 Å². The zero-order valence-electron chi connectivity index (χ0n) is 8.18. The van der Waals surface area contributed by atoms with Gasteiger partial charge in [0.25, 0.3) is 0 Å². The molecule has 0 spiro atoms. The second kappa shape index (κ2) is 5.36. The minimum Gasteiger partial charge on any atom is -0.376 e. The first-order chi connectivity index (χ1) is 5.06. The molecular formula is C10H20O. The maximum absolute atomic E-state index is 5.54. The lowest BCUT2D eigenvalue weighted by Gasteiger charge is -2.18. The molecule has 0 aliphatic rings. The summed E-state index contributed by atoms with van der Waals surface area (Å²) in [7, 11) is 0. The molecular weight excluding hydrogens is 136 g/mol. The molecule has 0 aliphatic heterocycles. The Morgan fingerprint density at radius 1 is 1.27 bits per heavy atom. The molecule has 0 saturated carbocycles. The molecule has 0 bridgehead atoms. The van der Waals surface area contributed by atoms with Crippen LogP contribution in [-0.2, 0) is 4.74 Å². The van der Waals surface area contributed by atoms with Gasteiger partial charge in [0.2, 0.25) is 0 Å². The van der Waals surface area contributed by atoms with E-state index in [1.165, 1.54) is 0 Å². The van der Waals surface area contributed by atoms with Crippen LogP contribution >= 0.6 is 0 Å². The largest absolute Gasteiger partial charge is 0.376 e. The number of rotatable bonds is 4. The summed E-state index contributed by atoms with van der Waals surface area (Å²) in [6.45, 7) is 9.17. The second-order valence-electron chi connectivity index (χ2n) is 3.67. The monoisotopic (exact) mass is 156 g/mol. The Bertz CT molecular complexity index is 109. The summed E-state index contributed by atoms with van der Waals surface area (Å²) in [5.74, 6) is 0. The Kier molecular flexibility index (Phi) is 5.22. The molecule has 1 heteroatoms. The number of hydrogen-bond acceptors (Lipinski definition) is 1. The van der Waals surface area contributed by atoms with Gasteiger partial charge in [0.15, 0.2) is 0 Å². The number of ether oxygens (including phenoxy) is 1. The standard InChI is InChI=1S/C10H20O/c1-5-6-7-8-9-11-10(2,3)4/h5-6H,7-9H2,1-4H3. The third-order valence-electron chi connectivity index (χ3n) is 1.29. The van der Waals surface area contributed by atoms with E-state index in [-0.39, 0.29) is 5.60 Å². The predicted molar refractivity (Wildman–Crippen MR) is 49.8 cm³/mol. The molecule has 0 aromatic heterocycles. The van der Waals surface area contributed by atoms with E-state index in [4.69, 9.17) is 4.74 Å². The molecule has 0 N–H and O–H groups in total. The lowest BCUT2D eigenvalue weighted by Crippen LogP contribution is -2.19. The summed E-state index contributed by atoms with van der Waals surface area (Å²) in [4.78, 5) is 0. The summed E-state index contributed by atoms with van der Waals surface area (Å²) in [6, 6.07) is 0. The van der Waals surface area contributed by atoms with Gasteiger partial charge in [-0.15, -0.1) is 0 Å². The molecule has 0 amide bonds. The van der Waals surface area contributed by atoms with Gasteiger partial charge in [0, 0.05) is 6.61 Å². The first kappa shape index (κ1) is 10.7. The van der Waals surface area contributed by atoms with E-state index in [0.29, 0.717) is 0 Å². The minimum atomic E-state index is 0.0237. The number of allylic oxidation sites excluding steroid dienone is 2. The Morgan fingerprint density at radius 3 is 2.36 bits per heavy atom. The van der Waals surface area contributed by atoms with Crippen LogP contribution in [0.15, 0.2) is 12.2 Å². The molecule has 66 valence electrons. The number of unbranched alkanes of at least 4 members (excludes halogenated alkanes) is 1. The van der Waals surface area contributed by atoms with Crippen LogP contribution in [0.4, 0.5) is 0 Å². The van der Waals surface area contributed by atoms with Crippen molar-refractivity contribution in [2.24, 2.45) is 0 Å². The first-order valence-electron chi connectivity index (χ1n) is 4.31. The lowest BCUT2D eigenvalue weighted by atomic mass is 10.2. The van der Waals surface area contributed by atoms with Gasteiger partial charge in [-0.2, -0.15) is 0 Å². The van der Waals surface area contributed by atoms with Crippen LogP contribution in [0.5, 0.6) is 0 Å². The van der Waals surface area contributed by atoms with Gasteiger partial charge in [0.05, 0.1) is 5.60 Å². The lowest BCUT2D eigenvalue weighted by molar-refractivity contribution is -0.00362. The summed E-state index contributed by atoms with van der Waals surface area (Å²) < 4.78 is 5.54. The second-order valence-corrected chi connectivity index (χ2v) is 3.67. The minimum absolute atomic E-state index is 0.0237. The summed E-state index contributed by atoms with van der Waals surface area (Å²) in [5.41, 5.74) is 0.0237. The highest BCUT2D eigenvalue weighted by atomic mass is 16.5. The molecule has 0 unspecified atom stereocenters. The summed E-state index contributed by atoms with van der Waals surface area (Å²) >= 11 is 0. The molecule has 0 aliphatic carbocycles. The zero-order chi connectivity index (χ0) is 8.74. The Balaban J connectivity index is 3.15. The SMILES string of the molecule is CC=CCCCOC(C)(C)C. The van der Waals surface area contributed by atoms with E-state index >= 15 is 0 Å². The van der Waals surface area contributed by atoms with Crippen molar-refractivity contribution in [2.75, 3.05) is 6.61 Å². The van der Waals surface area contributed by atoms with Crippen molar-refractivity contribution < 1.29 is 4.74 Å². The molecule has 11 heavy (non-hydrogen) atoms. The van der Waals surface area contributed by atoms with E-state index in [9.17, 15) is 0 Å². The maximum Gasteiger partial charge on any atom is 0.0598 e. The fraction of sp³-hybridized carbons (Fsp3) is 0.800. The molecule has 0 heterocycles. The molecule has 0 atom stereocenters. The van der Waals surface area contributed by atoms with Gasteiger partial charge in [-0.3, -0.25) is 0 Å². The molecule has 0 saturated heterocycles. The average Bonchev–Trinajstić information content (AvgIpc) is 1.85. The average molecular weight is 156 g/mol. The van der Waals surface area contributed by atoms with E-state index in [0.717, 1.165) is 19.4 Å². The van der Waals surface area contributed by atoms with E-state index in [1.807, 2.05) is 6.92 Å². The van der Waals surface area contributed by atoms with Crippen LogP contribution in [0.2, 0.25) is 0 Å². The smallest absolute Gasteiger partial charge is 0.0598 e. The Labute approximate surface area is 70.4 Å². The normalized spacial score (nSPS) is 12.7. The fourth-order valence-electron chi connectivity index (χ4n) is 0.746. The van der Waals surface area contributed by atoms with Crippen molar-refractivity contribution in [1.82, 2.24) is 0 Å². The summed E-state index contributed by atoms with van der Waals surface area (Å²) in [5, 5.41) is 0. The first-order valence-corrected chi connectivity index (χ1v) is 4.31. The van der Waals surface area contributed by atoms with Gasteiger partial charge in [-0.25, -0.2) is 0 Å². The molecule has 0 radical (unpaired) electrons. The summed E-state index contributed by atoms with van der Waals surface area (Å²) in [6.07, 6.45) is 6.51. The molecule has 0 aromatic carbocycles. The molecule has 0 fully saturated rings. The zero-order valence-corrected chi connectivity index (χ0v) is 8.18. The van der Waals surface area contributed by atoms with Gasteiger partial charge < -0.3 is 4.74 Å². The molecule has 0 rings (SSSR count). The third kappa shape index (κ3) is 9.70.